The Bertz CT molecular complexity index is 494. The number of hydrogen-bond donors (Lipinski definition) is 0. The predicted octanol–water partition coefficient (Wildman–Crippen LogP) is 4.70. The van der Waals surface area contributed by atoms with Crippen molar-refractivity contribution in [1.29, 1.82) is 0 Å². The minimum atomic E-state index is -0.360. The van der Waals surface area contributed by atoms with Gasteiger partial charge in [0, 0.05) is 15.3 Å². The Labute approximate surface area is 133 Å². The van der Waals surface area contributed by atoms with Crippen molar-refractivity contribution in [2.45, 2.75) is 50.2 Å². The molecule has 1 saturated heterocycles. The second-order valence-electron chi connectivity index (χ2n) is 6.43. The van der Waals surface area contributed by atoms with Crippen molar-refractivity contribution >= 4 is 33.5 Å². The predicted molar refractivity (Wildman–Crippen MR) is 87.2 cm³/mol. The maximum atomic E-state index is 12.5. The van der Waals surface area contributed by atoms with Gasteiger partial charge in [-0.1, -0.05) is 15.9 Å². The third-order valence-electron chi connectivity index (χ3n) is 3.66. The van der Waals surface area contributed by atoms with E-state index in [1.54, 1.807) is 11.8 Å². The molecular formula is C16H21BrO2S. The molecular weight excluding hydrogens is 336 g/mol. The first-order valence-electron chi connectivity index (χ1n) is 6.81. The Morgan fingerprint density at radius 3 is 2.40 bits per heavy atom. The lowest BCUT2D eigenvalue weighted by atomic mass is 9.84. The normalized spacial score (nSPS) is 23.8. The quantitative estimate of drug-likeness (QED) is 0.731. The van der Waals surface area contributed by atoms with Crippen LogP contribution in [-0.2, 0) is 9.53 Å². The summed E-state index contributed by atoms with van der Waals surface area (Å²) in [4.78, 5) is 13.6. The van der Waals surface area contributed by atoms with Crippen molar-refractivity contribution in [2.75, 3.05) is 5.75 Å². The van der Waals surface area contributed by atoms with Crippen LogP contribution < -0.4 is 0 Å². The van der Waals surface area contributed by atoms with Gasteiger partial charge < -0.3 is 4.74 Å². The summed E-state index contributed by atoms with van der Waals surface area (Å²) < 4.78 is 7.06. The minimum absolute atomic E-state index is 0.0135. The van der Waals surface area contributed by atoms with Crippen LogP contribution >= 0.6 is 27.7 Å². The summed E-state index contributed by atoms with van der Waals surface area (Å²) in [6.07, 6.45) is 0.805. The van der Waals surface area contributed by atoms with E-state index in [-0.39, 0.29) is 22.9 Å². The highest BCUT2D eigenvalue weighted by atomic mass is 79.9. The molecule has 110 valence electrons. The molecule has 1 aliphatic heterocycles. The summed E-state index contributed by atoms with van der Waals surface area (Å²) >= 11 is 5.01. The molecule has 4 heteroatoms. The Kier molecular flexibility index (Phi) is 4.67. The minimum Gasteiger partial charge on any atom is -0.369 e. The van der Waals surface area contributed by atoms with Crippen molar-refractivity contribution in [3.05, 3.63) is 28.7 Å². The SMILES string of the molecule is CC1(C)CC(C(=O)CSc2ccc(Br)cc2)C(C)(C)O1. The smallest absolute Gasteiger partial charge is 0.149 e. The number of Topliss-reactive ketones (excluding diaryl/α,β-unsaturated/α-hetero) is 1. The van der Waals surface area contributed by atoms with Crippen molar-refractivity contribution in [1.82, 2.24) is 0 Å². The van der Waals surface area contributed by atoms with E-state index in [9.17, 15) is 4.79 Å². The Morgan fingerprint density at radius 2 is 1.90 bits per heavy atom. The second-order valence-corrected chi connectivity index (χ2v) is 8.40. The van der Waals surface area contributed by atoms with Crippen molar-refractivity contribution < 1.29 is 9.53 Å². The fourth-order valence-corrected chi connectivity index (χ4v) is 3.95. The van der Waals surface area contributed by atoms with Crippen LogP contribution in [-0.4, -0.2) is 22.7 Å². The Morgan fingerprint density at radius 1 is 1.30 bits per heavy atom. The molecule has 1 heterocycles. The van der Waals surface area contributed by atoms with E-state index in [4.69, 9.17) is 4.74 Å². The number of thioether (sulfide) groups is 1. The number of ketones is 1. The third kappa shape index (κ3) is 3.86. The van der Waals surface area contributed by atoms with Crippen LogP contribution in [0.1, 0.15) is 34.1 Å². The number of hydrogen-bond acceptors (Lipinski definition) is 3. The van der Waals surface area contributed by atoms with E-state index in [1.165, 1.54) is 0 Å². The van der Waals surface area contributed by atoms with E-state index >= 15 is 0 Å². The fraction of sp³-hybridized carbons (Fsp3) is 0.562. The van der Waals surface area contributed by atoms with Gasteiger partial charge >= 0.3 is 0 Å². The molecule has 0 saturated carbocycles. The molecule has 0 amide bonds. The zero-order valence-corrected chi connectivity index (χ0v) is 14.8. The number of rotatable bonds is 4. The van der Waals surface area contributed by atoms with Gasteiger partial charge in [0.2, 0.25) is 0 Å². The van der Waals surface area contributed by atoms with E-state index in [2.05, 4.69) is 29.8 Å². The highest BCUT2D eigenvalue weighted by Crippen LogP contribution is 2.42. The topological polar surface area (TPSA) is 26.3 Å². The zero-order valence-electron chi connectivity index (χ0n) is 12.4. The van der Waals surface area contributed by atoms with Crippen molar-refractivity contribution in [2.24, 2.45) is 5.92 Å². The van der Waals surface area contributed by atoms with E-state index in [0.29, 0.717) is 5.75 Å². The molecule has 1 unspecified atom stereocenters. The van der Waals surface area contributed by atoms with Gasteiger partial charge in [0.1, 0.15) is 5.78 Å². The summed E-state index contributed by atoms with van der Waals surface area (Å²) in [5, 5.41) is 0. The molecule has 0 aliphatic carbocycles. The monoisotopic (exact) mass is 356 g/mol. The van der Waals surface area contributed by atoms with Gasteiger partial charge in [0.05, 0.1) is 17.0 Å². The largest absolute Gasteiger partial charge is 0.369 e. The molecule has 2 rings (SSSR count). The number of carbonyl (C=O) groups is 1. The molecule has 0 N–H and O–H groups in total. The summed E-state index contributed by atoms with van der Waals surface area (Å²) in [6.45, 7) is 8.16. The van der Waals surface area contributed by atoms with Crippen LogP contribution in [0.25, 0.3) is 0 Å². The molecule has 1 aromatic carbocycles. The summed E-state index contributed by atoms with van der Waals surface area (Å²) in [5.74, 6) is 0.781. The van der Waals surface area contributed by atoms with Crippen LogP contribution in [0.4, 0.5) is 0 Å². The van der Waals surface area contributed by atoms with Crippen LogP contribution in [0.15, 0.2) is 33.6 Å². The standard InChI is InChI=1S/C16H21BrO2S/c1-15(2)9-13(16(3,4)19-15)14(18)10-20-12-7-5-11(17)6-8-12/h5-8,13H,9-10H2,1-4H3. The first kappa shape index (κ1) is 16.1. The van der Waals surface area contributed by atoms with E-state index < -0.39 is 0 Å². The first-order chi connectivity index (χ1) is 9.20. The number of benzene rings is 1. The maximum Gasteiger partial charge on any atom is 0.149 e. The average Bonchev–Trinajstić information content (AvgIpc) is 2.56. The number of carbonyl (C=O) groups excluding carboxylic acids is 1. The molecule has 1 fully saturated rings. The number of halogens is 1. The van der Waals surface area contributed by atoms with Crippen LogP contribution in [0.5, 0.6) is 0 Å². The van der Waals surface area contributed by atoms with Gasteiger partial charge in [0.25, 0.3) is 0 Å². The Balaban J connectivity index is 1.97. The van der Waals surface area contributed by atoms with E-state index in [0.717, 1.165) is 15.8 Å². The van der Waals surface area contributed by atoms with Gasteiger partial charge in [-0.05, 0) is 58.4 Å². The maximum absolute atomic E-state index is 12.5. The molecule has 0 bridgehead atoms. The molecule has 1 atom stereocenters. The molecule has 0 aromatic heterocycles. The third-order valence-corrected chi connectivity index (χ3v) is 5.22. The van der Waals surface area contributed by atoms with Gasteiger partial charge in [0.15, 0.2) is 0 Å². The van der Waals surface area contributed by atoms with Gasteiger partial charge in [-0.15, -0.1) is 11.8 Å². The highest BCUT2D eigenvalue weighted by molar-refractivity contribution is 9.10. The molecule has 2 nitrogen and oxygen atoms in total. The average molecular weight is 357 g/mol. The first-order valence-corrected chi connectivity index (χ1v) is 8.59. The summed E-state index contributed by atoms with van der Waals surface area (Å²) in [5.41, 5.74) is -0.563. The van der Waals surface area contributed by atoms with Crippen LogP contribution in [0.3, 0.4) is 0 Å². The molecule has 1 aliphatic rings. The number of ether oxygens (including phenoxy) is 1. The molecule has 0 radical (unpaired) electrons. The molecule has 1 aromatic rings. The second kappa shape index (κ2) is 5.82. The van der Waals surface area contributed by atoms with Gasteiger partial charge in [-0.25, -0.2) is 0 Å². The van der Waals surface area contributed by atoms with Gasteiger partial charge in [-0.3, -0.25) is 4.79 Å². The van der Waals surface area contributed by atoms with Crippen molar-refractivity contribution in [3.8, 4) is 0 Å². The van der Waals surface area contributed by atoms with Crippen molar-refractivity contribution in [3.63, 3.8) is 0 Å². The van der Waals surface area contributed by atoms with Gasteiger partial charge in [-0.2, -0.15) is 0 Å². The fourth-order valence-electron chi connectivity index (χ4n) is 2.85. The van der Waals surface area contributed by atoms with Crippen LogP contribution in [0, 0.1) is 5.92 Å². The van der Waals surface area contributed by atoms with Crippen LogP contribution in [0.2, 0.25) is 0 Å². The Hall–Kier alpha value is -0.320. The molecule has 20 heavy (non-hydrogen) atoms. The highest BCUT2D eigenvalue weighted by Gasteiger charge is 2.48. The zero-order chi connectivity index (χ0) is 15.0. The lowest BCUT2D eigenvalue weighted by molar-refractivity contribution is -0.126. The lowest BCUT2D eigenvalue weighted by Gasteiger charge is -2.26. The van der Waals surface area contributed by atoms with E-state index in [1.807, 2.05) is 38.1 Å². The summed E-state index contributed by atoms with van der Waals surface area (Å²) in [6, 6.07) is 8.06. The lowest BCUT2D eigenvalue weighted by Crippen LogP contribution is -2.34. The molecule has 0 spiro atoms. The summed E-state index contributed by atoms with van der Waals surface area (Å²) in [7, 11) is 0.